The van der Waals surface area contributed by atoms with Crippen molar-refractivity contribution in [3.63, 3.8) is 0 Å². The SMILES string of the molecule is CCC(C)CCCCCCCCCCCCCCCCCCCCC(=O)O[C@@H](COC(=O)CCCCCCCCCCCCCCCCCCCCC(C)C)COC(=O)CCCCCCCCCCCCCCC(C)C. The van der Waals surface area contributed by atoms with Crippen molar-refractivity contribution < 1.29 is 28.6 Å². The van der Waals surface area contributed by atoms with E-state index in [4.69, 9.17) is 14.2 Å². The Kier molecular flexibility index (Phi) is 59.8. The molecular weight excluding hydrogens is 937 g/mol. The third-order valence-corrected chi connectivity index (χ3v) is 16.5. The first kappa shape index (κ1) is 74.4. The second kappa shape index (κ2) is 61.0. The summed E-state index contributed by atoms with van der Waals surface area (Å²) in [5.41, 5.74) is 0. The molecule has 0 aliphatic carbocycles. The van der Waals surface area contributed by atoms with Crippen LogP contribution >= 0.6 is 0 Å². The van der Waals surface area contributed by atoms with Crippen molar-refractivity contribution in [1.82, 2.24) is 0 Å². The lowest BCUT2D eigenvalue weighted by molar-refractivity contribution is -0.167. The highest BCUT2D eigenvalue weighted by molar-refractivity contribution is 5.71. The number of ether oxygens (including phenoxy) is 3. The van der Waals surface area contributed by atoms with Crippen LogP contribution in [0.1, 0.15) is 395 Å². The van der Waals surface area contributed by atoms with Crippen molar-refractivity contribution in [2.45, 2.75) is 401 Å². The van der Waals surface area contributed by atoms with Crippen LogP contribution in [0.3, 0.4) is 0 Å². The second-order valence-electron chi connectivity index (χ2n) is 25.4. The number of rotatable bonds is 63. The Morgan fingerprint density at radius 3 is 0.684 bits per heavy atom. The van der Waals surface area contributed by atoms with Gasteiger partial charge in [0.25, 0.3) is 0 Å². The Balaban J connectivity index is 4.26. The summed E-state index contributed by atoms with van der Waals surface area (Å²) in [6.07, 6.45) is 68.3. The first-order valence-corrected chi connectivity index (χ1v) is 34.6. The van der Waals surface area contributed by atoms with E-state index in [0.717, 1.165) is 75.5 Å². The third-order valence-electron chi connectivity index (χ3n) is 16.5. The van der Waals surface area contributed by atoms with Crippen LogP contribution in [0.15, 0.2) is 0 Å². The first-order valence-electron chi connectivity index (χ1n) is 34.6. The van der Waals surface area contributed by atoms with Crippen molar-refractivity contribution in [3.05, 3.63) is 0 Å². The van der Waals surface area contributed by atoms with Crippen LogP contribution in [0.4, 0.5) is 0 Å². The fourth-order valence-electron chi connectivity index (χ4n) is 10.9. The minimum absolute atomic E-state index is 0.0620. The molecule has 452 valence electrons. The zero-order valence-electron chi connectivity index (χ0n) is 52.6. The van der Waals surface area contributed by atoms with E-state index in [0.29, 0.717) is 19.3 Å². The molecule has 0 heterocycles. The molecule has 0 rings (SSSR count). The number of carbonyl (C=O) groups excluding carboxylic acids is 3. The van der Waals surface area contributed by atoms with Crippen LogP contribution < -0.4 is 0 Å². The van der Waals surface area contributed by atoms with Gasteiger partial charge in [-0.15, -0.1) is 0 Å². The summed E-state index contributed by atoms with van der Waals surface area (Å²) < 4.78 is 17.0. The average molecular weight is 1070 g/mol. The number of hydrogen-bond donors (Lipinski definition) is 0. The monoisotopic (exact) mass is 1070 g/mol. The van der Waals surface area contributed by atoms with Gasteiger partial charge in [-0.2, -0.15) is 0 Å². The van der Waals surface area contributed by atoms with Gasteiger partial charge in [0.1, 0.15) is 13.2 Å². The predicted molar refractivity (Wildman–Crippen MR) is 330 cm³/mol. The van der Waals surface area contributed by atoms with Crippen LogP contribution in [0.25, 0.3) is 0 Å². The van der Waals surface area contributed by atoms with E-state index < -0.39 is 6.10 Å². The molecule has 0 N–H and O–H groups in total. The van der Waals surface area contributed by atoms with Crippen molar-refractivity contribution >= 4 is 17.9 Å². The van der Waals surface area contributed by atoms with E-state index in [1.807, 2.05) is 0 Å². The van der Waals surface area contributed by atoms with Gasteiger partial charge in [-0.25, -0.2) is 0 Å². The van der Waals surface area contributed by atoms with Gasteiger partial charge in [0.05, 0.1) is 0 Å². The van der Waals surface area contributed by atoms with E-state index >= 15 is 0 Å². The van der Waals surface area contributed by atoms with Crippen molar-refractivity contribution in [2.75, 3.05) is 13.2 Å². The van der Waals surface area contributed by atoms with Gasteiger partial charge < -0.3 is 14.2 Å². The molecule has 0 aromatic carbocycles. The lowest BCUT2D eigenvalue weighted by Gasteiger charge is -2.18. The molecule has 0 aromatic rings. The standard InChI is InChI=1S/C70H136O6/c1-7-66(6)58-52-46-40-34-28-21-17-13-9-11-15-19-23-31-37-43-49-55-61-70(73)76-67(63-75-69(72)60-54-48-42-36-30-25-24-27-33-39-45-51-57-65(4)5)62-74-68(71)59-53-47-41-35-29-22-18-14-10-8-12-16-20-26-32-38-44-50-56-64(2)3/h64-67H,7-63H2,1-6H3/t66?,67-/m0/s1. The maximum absolute atomic E-state index is 13.0. The van der Waals surface area contributed by atoms with E-state index in [1.165, 1.54) is 276 Å². The van der Waals surface area contributed by atoms with Gasteiger partial charge in [0.2, 0.25) is 0 Å². The van der Waals surface area contributed by atoms with Crippen LogP contribution in [-0.2, 0) is 28.6 Å². The first-order chi connectivity index (χ1) is 37.1. The Labute approximate surface area is 476 Å². The molecule has 0 spiro atoms. The normalized spacial score (nSPS) is 12.5. The summed E-state index contributed by atoms with van der Waals surface area (Å²) in [5.74, 6) is 1.77. The van der Waals surface area contributed by atoms with Crippen LogP contribution in [0.5, 0.6) is 0 Å². The summed E-state index contributed by atoms with van der Waals surface area (Å²) >= 11 is 0. The minimum atomic E-state index is -0.765. The number of esters is 3. The lowest BCUT2D eigenvalue weighted by Crippen LogP contribution is -2.30. The van der Waals surface area contributed by atoms with Crippen molar-refractivity contribution in [1.29, 1.82) is 0 Å². The van der Waals surface area contributed by atoms with Gasteiger partial charge in [0.15, 0.2) is 6.10 Å². The highest BCUT2D eigenvalue weighted by atomic mass is 16.6. The number of hydrogen-bond acceptors (Lipinski definition) is 6. The predicted octanol–water partition coefficient (Wildman–Crippen LogP) is 23.4. The molecule has 6 nitrogen and oxygen atoms in total. The van der Waals surface area contributed by atoms with Gasteiger partial charge >= 0.3 is 17.9 Å². The molecular formula is C70H136O6. The molecule has 0 fully saturated rings. The molecule has 0 aliphatic heterocycles. The van der Waals surface area contributed by atoms with Gasteiger partial charge in [-0.05, 0) is 37.0 Å². The van der Waals surface area contributed by atoms with E-state index in [-0.39, 0.29) is 31.1 Å². The zero-order valence-corrected chi connectivity index (χ0v) is 52.6. The highest BCUT2D eigenvalue weighted by Gasteiger charge is 2.20. The van der Waals surface area contributed by atoms with Crippen molar-refractivity contribution in [3.8, 4) is 0 Å². The summed E-state index contributed by atoms with van der Waals surface area (Å²) in [7, 11) is 0. The Morgan fingerprint density at radius 2 is 0.461 bits per heavy atom. The lowest BCUT2D eigenvalue weighted by atomic mass is 9.99. The molecule has 1 unspecified atom stereocenters. The molecule has 0 saturated carbocycles. The topological polar surface area (TPSA) is 78.9 Å². The maximum atomic E-state index is 13.0. The molecule has 0 bridgehead atoms. The molecule has 0 radical (unpaired) electrons. The van der Waals surface area contributed by atoms with Gasteiger partial charge in [0, 0.05) is 19.3 Å². The quantitative estimate of drug-likeness (QED) is 0.0343. The number of unbranched alkanes of at least 4 members (excludes halogenated alkanes) is 45. The smallest absolute Gasteiger partial charge is 0.306 e. The van der Waals surface area contributed by atoms with E-state index in [2.05, 4.69) is 41.5 Å². The van der Waals surface area contributed by atoms with E-state index in [1.54, 1.807) is 0 Å². The molecule has 76 heavy (non-hydrogen) atoms. The van der Waals surface area contributed by atoms with Crippen molar-refractivity contribution in [2.24, 2.45) is 17.8 Å². The summed E-state index contributed by atoms with van der Waals surface area (Å²) in [5, 5.41) is 0. The van der Waals surface area contributed by atoms with Crippen LogP contribution in [-0.4, -0.2) is 37.2 Å². The largest absolute Gasteiger partial charge is 0.462 e. The second-order valence-corrected chi connectivity index (χ2v) is 25.4. The van der Waals surface area contributed by atoms with E-state index in [9.17, 15) is 14.4 Å². The fraction of sp³-hybridized carbons (Fsp3) is 0.957. The molecule has 0 amide bonds. The third kappa shape index (κ3) is 61.6. The van der Waals surface area contributed by atoms with Crippen LogP contribution in [0.2, 0.25) is 0 Å². The molecule has 2 atom stereocenters. The Bertz CT molecular complexity index is 1180. The van der Waals surface area contributed by atoms with Gasteiger partial charge in [-0.3, -0.25) is 14.4 Å². The minimum Gasteiger partial charge on any atom is -0.462 e. The fourth-order valence-corrected chi connectivity index (χ4v) is 10.9. The molecule has 0 aromatic heterocycles. The maximum Gasteiger partial charge on any atom is 0.306 e. The van der Waals surface area contributed by atoms with Gasteiger partial charge in [-0.1, -0.05) is 356 Å². The Morgan fingerprint density at radius 1 is 0.263 bits per heavy atom. The Hall–Kier alpha value is -1.59. The zero-order chi connectivity index (χ0) is 55.5. The summed E-state index contributed by atoms with van der Waals surface area (Å²) in [6, 6.07) is 0. The van der Waals surface area contributed by atoms with Crippen LogP contribution in [0, 0.1) is 17.8 Å². The average Bonchev–Trinajstić information content (AvgIpc) is 3.40. The summed E-state index contributed by atoms with van der Waals surface area (Å²) in [6.45, 7) is 13.9. The highest BCUT2D eigenvalue weighted by Crippen LogP contribution is 2.20. The molecule has 0 aliphatic rings. The number of carbonyl (C=O) groups is 3. The molecule has 6 heteroatoms. The molecule has 0 saturated heterocycles. The summed E-state index contributed by atoms with van der Waals surface area (Å²) in [4.78, 5) is 38.4.